The first-order valence-corrected chi connectivity index (χ1v) is 10.9. The van der Waals surface area contributed by atoms with Crippen LogP contribution in [-0.4, -0.2) is 25.1 Å². The van der Waals surface area contributed by atoms with Gasteiger partial charge in [0.1, 0.15) is 17.2 Å². The molecule has 1 aromatic carbocycles. The number of nitrogens with one attached hydrogen (secondary N) is 1. The van der Waals surface area contributed by atoms with Gasteiger partial charge >= 0.3 is 0 Å². The third-order valence-corrected chi connectivity index (χ3v) is 6.86. The number of hydrogen-bond acceptors (Lipinski definition) is 7. The first kappa shape index (κ1) is 18.7. The molecule has 5 nitrogen and oxygen atoms in total. The number of anilines is 1. The summed E-state index contributed by atoms with van der Waals surface area (Å²) < 4.78 is 10.5. The van der Waals surface area contributed by atoms with Crippen LogP contribution in [0.5, 0.6) is 11.5 Å². The van der Waals surface area contributed by atoms with Crippen LogP contribution in [-0.2, 0) is 0 Å². The molecule has 3 heterocycles. The van der Waals surface area contributed by atoms with Crippen LogP contribution < -0.4 is 14.8 Å². The number of thiazole rings is 1. The van der Waals surface area contributed by atoms with Crippen LogP contribution in [0.1, 0.15) is 10.4 Å². The van der Waals surface area contributed by atoms with Gasteiger partial charge in [-0.15, -0.1) is 22.7 Å². The SMILES string of the molecule is COc1cc(OC)cc(C(=O)Nc2nc(-c3cccs3)c(-c3cccs3)s2)c1. The lowest BCUT2D eigenvalue weighted by molar-refractivity contribution is 0.102. The topological polar surface area (TPSA) is 60.5 Å². The number of aromatic nitrogens is 1. The quantitative estimate of drug-likeness (QED) is 0.417. The highest BCUT2D eigenvalue weighted by atomic mass is 32.1. The van der Waals surface area contributed by atoms with Gasteiger partial charge in [-0.2, -0.15) is 0 Å². The number of carbonyl (C=O) groups excluding carboxylic acids is 1. The minimum atomic E-state index is -0.263. The number of rotatable bonds is 6. The Balaban J connectivity index is 1.67. The zero-order valence-electron chi connectivity index (χ0n) is 15.1. The van der Waals surface area contributed by atoms with Crippen LogP contribution in [0.2, 0.25) is 0 Å². The van der Waals surface area contributed by atoms with Crippen molar-refractivity contribution in [3.05, 3.63) is 58.8 Å². The van der Waals surface area contributed by atoms with E-state index in [0.717, 1.165) is 20.3 Å². The van der Waals surface area contributed by atoms with Gasteiger partial charge in [0.25, 0.3) is 5.91 Å². The Labute approximate surface area is 174 Å². The predicted molar refractivity (Wildman–Crippen MR) is 116 cm³/mol. The summed E-state index contributed by atoms with van der Waals surface area (Å²) >= 11 is 4.75. The van der Waals surface area contributed by atoms with Crippen LogP contribution >= 0.6 is 34.0 Å². The number of methoxy groups -OCH3 is 2. The molecule has 0 fully saturated rings. The number of amides is 1. The van der Waals surface area contributed by atoms with E-state index in [-0.39, 0.29) is 5.91 Å². The van der Waals surface area contributed by atoms with Crippen LogP contribution in [0, 0.1) is 0 Å². The Morgan fingerprint density at radius 2 is 1.61 bits per heavy atom. The summed E-state index contributed by atoms with van der Waals surface area (Å²) in [6.45, 7) is 0. The first-order valence-electron chi connectivity index (χ1n) is 8.31. The second kappa shape index (κ2) is 8.14. The second-order valence-electron chi connectivity index (χ2n) is 5.71. The van der Waals surface area contributed by atoms with Crippen molar-refractivity contribution in [2.24, 2.45) is 0 Å². The van der Waals surface area contributed by atoms with Gasteiger partial charge < -0.3 is 9.47 Å². The predicted octanol–water partition coefficient (Wildman–Crippen LogP) is 5.87. The zero-order valence-corrected chi connectivity index (χ0v) is 17.5. The Morgan fingerprint density at radius 1 is 0.964 bits per heavy atom. The third-order valence-electron chi connectivity index (χ3n) is 3.96. The van der Waals surface area contributed by atoms with Crippen LogP contribution in [0.3, 0.4) is 0 Å². The van der Waals surface area contributed by atoms with E-state index in [0.29, 0.717) is 22.2 Å². The molecule has 142 valence electrons. The largest absolute Gasteiger partial charge is 0.497 e. The minimum Gasteiger partial charge on any atom is -0.497 e. The Bertz CT molecular complexity index is 1010. The molecule has 0 spiro atoms. The minimum absolute atomic E-state index is 0.263. The fraction of sp³-hybridized carbons (Fsp3) is 0.100. The molecule has 4 aromatic rings. The molecule has 1 amide bonds. The first-order chi connectivity index (χ1) is 13.7. The van der Waals surface area contributed by atoms with Gasteiger partial charge in [0.2, 0.25) is 0 Å². The molecule has 0 atom stereocenters. The van der Waals surface area contributed by atoms with Crippen molar-refractivity contribution in [3.63, 3.8) is 0 Å². The third kappa shape index (κ3) is 3.80. The highest BCUT2D eigenvalue weighted by molar-refractivity contribution is 7.24. The highest BCUT2D eigenvalue weighted by Gasteiger charge is 2.19. The summed E-state index contributed by atoms with van der Waals surface area (Å²) in [4.78, 5) is 20.7. The standard InChI is InChI=1S/C20H16N2O3S3/c1-24-13-9-12(10-14(11-13)25-2)19(23)22-20-21-17(15-5-3-7-26-15)18(28-20)16-6-4-8-27-16/h3-11H,1-2H3,(H,21,22,23). The Kier molecular flexibility index (Phi) is 5.43. The van der Waals surface area contributed by atoms with Crippen LogP contribution in [0.15, 0.2) is 53.2 Å². The van der Waals surface area contributed by atoms with Gasteiger partial charge in [0.05, 0.1) is 24.0 Å². The van der Waals surface area contributed by atoms with E-state index in [4.69, 9.17) is 14.5 Å². The van der Waals surface area contributed by atoms with Gasteiger partial charge in [-0.25, -0.2) is 4.98 Å². The second-order valence-corrected chi connectivity index (χ2v) is 8.60. The lowest BCUT2D eigenvalue weighted by Crippen LogP contribution is -2.12. The van der Waals surface area contributed by atoms with Crippen molar-refractivity contribution >= 4 is 45.0 Å². The zero-order chi connectivity index (χ0) is 19.5. The molecular formula is C20H16N2O3S3. The molecule has 28 heavy (non-hydrogen) atoms. The van der Waals surface area contributed by atoms with E-state index in [9.17, 15) is 4.79 Å². The Morgan fingerprint density at radius 3 is 2.18 bits per heavy atom. The number of ether oxygens (including phenoxy) is 2. The van der Waals surface area contributed by atoms with Crippen LogP contribution in [0.25, 0.3) is 20.3 Å². The maximum Gasteiger partial charge on any atom is 0.257 e. The lowest BCUT2D eigenvalue weighted by atomic mass is 10.2. The van der Waals surface area contributed by atoms with Gasteiger partial charge in [-0.05, 0) is 35.0 Å². The molecule has 0 bridgehead atoms. The number of nitrogens with zero attached hydrogens (tertiary/aromatic N) is 1. The molecular weight excluding hydrogens is 412 g/mol. The Hall–Kier alpha value is -2.68. The molecule has 0 unspecified atom stereocenters. The molecule has 0 radical (unpaired) electrons. The van der Waals surface area contributed by atoms with Crippen molar-refractivity contribution in [1.82, 2.24) is 4.98 Å². The summed E-state index contributed by atoms with van der Waals surface area (Å²) in [5.74, 6) is 0.853. The number of carbonyl (C=O) groups is 1. The lowest BCUT2D eigenvalue weighted by Gasteiger charge is -2.08. The van der Waals surface area contributed by atoms with Crippen molar-refractivity contribution in [1.29, 1.82) is 0 Å². The average Bonchev–Trinajstić information content (AvgIpc) is 3.47. The van der Waals surface area contributed by atoms with Gasteiger partial charge in [-0.1, -0.05) is 23.5 Å². The molecule has 0 aliphatic rings. The summed E-state index contributed by atoms with van der Waals surface area (Å²) in [5.41, 5.74) is 1.34. The summed E-state index contributed by atoms with van der Waals surface area (Å²) in [6.07, 6.45) is 0. The average molecular weight is 429 g/mol. The summed E-state index contributed by atoms with van der Waals surface area (Å²) in [6, 6.07) is 13.2. The van der Waals surface area contributed by atoms with E-state index in [1.807, 2.05) is 29.0 Å². The number of hydrogen-bond donors (Lipinski definition) is 1. The molecule has 0 aliphatic heterocycles. The maximum absolute atomic E-state index is 12.8. The van der Waals surface area contributed by atoms with Crippen molar-refractivity contribution in [3.8, 4) is 31.8 Å². The molecule has 3 aromatic heterocycles. The van der Waals surface area contributed by atoms with E-state index in [1.54, 1.807) is 55.1 Å². The normalized spacial score (nSPS) is 10.6. The van der Waals surface area contributed by atoms with E-state index in [2.05, 4.69) is 11.4 Å². The molecule has 8 heteroatoms. The monoisotopic (exact) mass is 428 g/mol. The molecule has 0 saturated heterocycles. The maximum atomic E-state index is 12.8. The van der Waals surface area contributed by atoms with Crippen LogP contribution in [0.4, 0.5) is 5.13 Å². The highest BCUT2D eigenvalue weighted by Crippen LogP contribution is 2.42. The fourth-order valence-corrected chi connectivity index (χ4v) is 5.25. The molecule has 1 N–H and O–H groups in total. The van der Waals surface area contributed by atoms with Crippen molar-refractivity contribution in [2.75, 3.05) is 19.5 Å². The fourth-order valence-electron chi connectivity index (χ4n) is 2.64. The van der Waals surface area contributed by atoms with E-state index >= 15 is 0 Å². The number of benzene rings is 1. The van der Waals surface area contributed by atoms with Gasteiger partial charge in [-0.3, -0.25) is 10.1 Å². The number of thiophene rings is 2. The van der Waals surface area contributed by atoms with Gasteiger partial charge in [0.15, 0.2) is 5.13 Å². The van der Waals surface area contributed by atoms with Crippen molar-refractivity contribution < 1.29 is 14.3 Å². The van der Waals surface area contributed by atoms with E-state index in [1.165, 1.54) is 11.3 Å². The molecule has 0 saturated carbocycles. The molecule has 4 rings (SSSR count). The molecule has 0 aliphatic carbocycles. The summed E-state index contributed by atoms with van der Waals surface area (Å²) in [7, 11) is 3.11. The van der Waals surface area contributed by atoms with Crippen molar-refractivity contribution in [2.45, 2.75) is 0 Å². The summed E-state index contributed by atoms with van der Waals surface area (Å²) in [5, 5.41) is 7.52. The smallest absolute Gasteiger partial charge is 0.257 e. The van der Waals surface area contributed by atoms with E-state index < -0.39 is 0 Å². The van der Waals surface area contributed by atoms with Gasteiger partial charge in [0, 0.05) is 16.5 Å².